The number of esters is 1. The smallest absolute Gasteiger partial charge is 0.341 e. The SMILES string of the molecule is COC(=O)c1cc(CNC(=O)c2c[nH]c(=S)n2-c2ccc(F)cc2)ccc1OC. The number of nitrogens with one attached hydrogen (secondary N) is 2. The van der Waals surface area contributed by atoms with Gasteiger partial charge in [0.05, 0.1) is 14.2 Å². The van der Waals surface area contributed by atoms with Crippen molar-refractivity contribution in [3.63, 3.8) is 0 Å². The average molecular weight is 415 g/mol. The molecule has 0 bridgehead atoms. The molecule has 3 rings (SSSR count). The van der Waals surface area contributed by atoms with Gasteiger partial charge in [-0.15, -0.1) is 0 Å². The molecular weight excluding hydrogens is 397 g/mol. The number of aromatic amines is 1. The van der Waals surface area contributed by atoms with Crippen molar-refractivity contribution in [3.8, 4) is 11.4 Å². The van der Waals surface area contributed by atoms with E-state index >= 15 is 0 Å². The van der Waals surface area contributed by atoms with E-state index in [1.165, 1.54) is 49.2 Å². The summed E-state index contributed by atoms with van der Waals surface area (Å²) in [7, 11) is 2.73. The van der Waals surface area contributed by atoms with Gasteiger partial charge < -0.3 is 19.8 Å². The van der Waals surface area contributed by atoms with Crippen LogP contribution < -0.4 is 10.1 Å². The maximum absolute atomic E-state index is 13.2. The van der Waals surface area contributed by atoms with Crippen LogP contribution in [0.1, 0.15) is 26.4 Å². The summed E-state index contributed by atoms with van der Waals surface area (Å²) in [5.74, 6) is -0.937. The zero-order chi connectivity index (χ0) is 21.0. The number of carbonyl (C=O) groups is 2. The zero-order valence-electron chi connectivity index (χ0n) is 15.7. The highest BCUT2D eigenvalue weighted by Crippen LogP contribution is 2.21. The summed E-state index contributed by atoms with van der Waals surface area (Å²) in [6.07, 6.45) is 1.48. The van der Waals surface area contributed by atoms with Crippen LogP contribution in [0.15, 0.2) is 48.7 Å². The van der Waals surface area contributed by atoms with Crippen LogP contribution >= 0.6 is 12.2 Å². The predicted octanol–water partition coefficient (Wildman–Crippen LogP) is 3.40. The van der Waals surface area contributed by atoms with Gasteiger partial charge >= 0.3 is 5.97 Å². The van der Waals surface area contributed by atoms with Gasteiger partial charge in [-0.1, -0.05) is 6.07 Å². The van der Waals surface area contributed by atoms with Gasteiger partial charge in [-0.05, 0) is 54.2 Å². The van der Waals surface area contributed by atoms with Gasteiger partial charge in [0, 0.05) is 18.4 Å². The largest absolute Gasteiger partial charge is 0.496 e. The molecule has 0 radical (unpaired) electrons. The number of aromatic nitrogens is 2. The van der Waals surface area contributed by atoms with E-state index in [1.807, 2.05) is 0 Å². The number of methoxy groups -OCH3 is 2. The summed E-state index contributed by atoms with van der Waals surface area (Å²) in [5.41, 5.74) is 1.77. The molecule has 0 unspecified atom stereocenters. The average Bonchev–Trinajstić information content (AvgIpc) is 3.13. The van der Waals surface area contributed by atoms with E-state index in [0.717, 1.165) is 0 Å². The minimum absolute atomic E-state index is 0.161. The first-order chi connectivity index (χ1) is 13.9. The van der Waals surface area contributed by atoms with Crippen molar-refractivity contribution in [2.45, 2.75) is 6.54 Å². The number of rotatable bonds is 6. The lowest BCUT2D eigenvalue weighted by molar-refractivity contribution is 0.0597. The molecule has 1 amide bonds. The van der Waals surface area contributed by atoms with Crippen molar-refractivity contribution in [3.05, 3.63) is 76.1 Å². The molecule has 29 heavy (non-hydrogen) atoms. The van der Waals surface area contributed by atoms with Crippen molar-refractivity contribution >= 4 is 24.1 Å². The Hall–Kier alpha value is -3.46. The van der Waals surface area contributed by atoms with Crippen molar-refractivity contribution in [2.75, 3.05) is 14.2 Å². The molecule has 0 aliphatic heterocycles. The fourth-order valence-corrected chi connectivity index (χ4v) is 3.05. The minimum atomic E-state index is -0.537. The summed E-state index contributed by atoms with van der Waals surface area (Å²) < 4.78 is 24.9. The number of imidazole rings is 1. The second-order valence-electron chi connectivity index (χ2n) is 6.00. The van der Waals surface area contributed by atoms with E-state index in [1.54, 1.807) is 18.2 Å². The number of nitrogens with zero attached hydrogens (tertiary/aromatic N) is 1. The predicted molar refractivity (Wildman–Crippen MR) is 106 cm³/mol. The standard InChI is InChI=1S/C20H18FN3O4S/c1-27-17-8-3-12(9-15(17)19(26)28-2)10-22-18(25)16-11-23-20(29)24(16)14-6-4-13(21)5-7-14/h3-9,11H,10H2,1-2H3,(H,22,25)(H,23,29). The summed E-state index contributed by atoms with van der Waals surface area (Å²) in [4.78, 5) is 27.4. The van der Waals surface area contributed by atoms with Crippen LogP contribution in [-0.2, 0) is 11.3 Å². The first-order valence-electron chi connectivity index (χ1n) is 8.54. The normalized spacial score (nSPS) is 10.4. The van der Waals surface area contributed by atoms with Crippen LogP contribution in [-0.4, -0.2) is 35.6 Å². The molecule has 0 spiro atoms. The Bertz CT molecular complexity index is 1110. The Balaban J connectivity index is 1.81. The lowest BCUT2D eigenvalue weighted by Crippen LogP contribution is -2.25. The molecule has 9 heteroatoms. The Morgan fingerprint density at radius 2 is 1.90 bits per heavy atom. The molecule has 2 N–H and O–H groups in total. The monoisotopic (exact) mass is 415 g/mol. The lowest BCUT2D eigenvalue weighted by atomic mass is 10.1. The van der Waals surface area contributed by atoms with E-state index < -0.39 is 11.9 Å². The first-order valence-corrected chi connectivity index (χ1v) is 8.95. The molecule has 0 aliphatic carbocycles. The Kier molecular flexibility index (Phi) is 6.08. The quantitative estimate of drug-likeness (QED) is 0.476. The van der Waals surface area contributed by atoms with E-state index in [4.69, 9.17) is 21.7 Å². The summed E-state index contributed by atoms with van der Waals surface area (Å²) in [5, 5.41) is 2.78. The van der Waals surface area contributed by atoms with Gasteiger partial charge in [0.25, 0.3) is 5.91 Å². The molecule has 0 saturated carbocycles. The van der Waals surface area contributed by atoms with E-state index in [0.29, 0.717) is 21.8 Å². The molecule has 1 heterocycles. The molecule has 150 valence electrons. The third kappa shape index (κ3) is 4.35. The molecule has 3 aromatic rings. The third-order valence-electron chi connectivity index (χ3n) is 4.22. The molecule has 2 aromatic carbocycles. The molecule has 0 aliphatic rings. The summed E-state index contributed by atoms with van der Waals surface area (Å²) >= 11 is 5.24. The number of ether oxygens (including phenoxy) is 2. The van der Waals surface area contributed by atoms with Crippen LogP contribution in [0, 0.1) is 10.6 Å². The van der Waals surface area contributed by atoms with E-state index in [9.17, 15) is 14.0 Å². The van der Waals surface area contributed by atoms with Crippen LogP contribution in [0.25, 0.3) is 5.69 Å². The molecule has 1 aromatic heterocycles. The zero-order valence-corrected chi connectivity index (χ0v) is 16.5. The van der Waals surface area contributed by atoms with Gasteiger partial charge in [-0.2, -0.15) is 0 Å². The number of amides is 1. The van der Waals surface area contributed by atoms with Crippen LogP contribution in [0.4, 0.5) is 4.39 Å². The number of hydrogen-bond acceptors (Lipinski definition) is 5. The molecule has 7 nitrogen and oxygen atoms in total. The minimum Gasteiger partial charge on any atom is -0.496 e. The van der Waals surface area contributed by atoms with E-state index in [2.05, 4.69) is 10.3 Å². The topological polar surface area (TPSA) is 85.4 Å². The lowest BCUT2D eigenvalue weighted by Gasteiger charge is -2.11. The highest BCUT2D eigenvalue weighted by atomic mass is 32.1. The van der Waals surface area contributed by atoms with Gasteiger partial charge in [-0.3, -0.25) is 9.36 Å². The van der Waals surface area contributed by atoms with Gasteiger partial charge in [-0.25, -0.2) is 9.18 Å². The second-order valence-corrected chi connectivity index (χ2v) is 6.39. The van der Waals surface area contributed by atoms with Crippen molar-refractivity contribution in [2.24, 2.45) is 0 Å². The molecule has 0 saturated heterocycles. The number of carbonyl (C=O) groups excluding carboxylic acids is 2. The maximum Gasteiger partial charge on any atom is 0.341 e. The summed E-state index contributed by atoms with van der Waals surface area (Å²) in [6, 6.07) is 10.6. The number of hydrogen-bond donors (Lipinski definition) is 2. The molecule has 0 atom stereocenters. The Labute approximate surface area is 171 Å². The van der Waals surface area contributed by atoms with Crippen LogP contribution in [0.5, 0.6) is 5.75 Å². The first kappa shape index (κ1) is 20.3. The fourth-order valence-electron chi connectivity index (χ4n) is 2.79. The van der Waals surface area contributed by atoms with Crippen molar-refractivity contribution in [1.29, 1.82) is 0 Å². The van der Waals surface area contributed by atoms with Crippen molar-refractivity contribution < 1.29 is 23.5 Å². The van der Waals surface area contributed by atoms with Crippen LogP contribution in [0.3, 0.4) is 0 Å². The third-order valence-corrected chi connectivity index (χ3v) is 4.52. The Morgan fingerprint density at radius 1 is 1.17 bits per heavy atom. The fraction of sp³-hybridized carbons (Fsp3) is 0.150. The Morgan fingerprint density at radius 3 is 2.55 bits per heavy atom. The van der Waals surface area contributed by atoms with Gasteiger partial charge in [0.2, 0.25) is 0 Å². The molecular formula is C20H18FN3O4S. The number of halogens is 1. The van der Waals surface area contributed by atoms with Crippen LogP contribution in [0.2, 0.25) is 0 Å². The maximum atomic E-state index is 13.2. The van der Waals surface area contributed by atoms with Gasteiger partial charge in [0.1, 0.15) is 22.8 Å². The van der Waals surface area contributed by atoms with Gasteiger partial charge in [0.15, 0.2) is 4.77 Å². The second kappa shape index (κ2) is 8.70. The summed E-state index contributed by atoms with van der Waals surface area (Å²) in [6.45, 7) is 0.161. The van der Waals surface area contributed by atoms with Crippen molar-refractivity contribution in [1.82, 2.24) is 14.9 Å². The highest BCUT2D eigenvalue weighted by molar-refractivity contribution is 7.71. The number of benzene rings is 2. The number of H-pyrrole nitrogens is 1. The van der Waals surface area contributed by atoms with E-state index in [-0.39, 0.29) is 23.6 Å². The molecule has 0 fully saturated rings. The highest BCUT2D eigenvalue weighted by Gasteiger charge is 2.16.